The van der Waals surface area contributed by atoms with E-state index < -0.39 is 18.2 Å². The molecule has 336 valence electrons. The van der Waals surface area contributed by atoms with Crippen molar-refractivity contribution in [1.29, 1.82) is 0 Å². The van der Waals surface area contributed by atoms with Gasteiger partial charge in [-0.2, -0.15) is 0 Å². The lowest BCUT2D eigenvalue weighted by molar-refractivity contribution is -0.150. The van der Waals surface area contributed by atoms with E-state index in [1.54, 1.807) is 0 Å². The average molecular weight is 812 g/mol. The van der Waals surface area contributed by atoms with Gasteiger partial charge in [0.05, 0.1) is 25.2 Å². The molecule has 0 fully saturated rings. The second kappa shape index (κ2) is 45.6. The molecule has 0 bridgehead atoms. The maximum atomic E-state index is 13.1. The molecule has 6 heteroatoms. The van der Waals surface area contributed by atoms with E-state index in [4.69, 9.17) is 4.74 Å². The molecule has 0 aliphatic rings. The number of aliphatic hydroxyl groups excluding tert-OH is 2. The fourth-order valence-corrected chi connectivity index (χ4v) is 7.19. The Kier molecular flexibility index (Phi) is 43.7. The van der Waals surface area contributed by atoms with Crippen LogP contribution in [0.5, 0.6) is 0 Å². The first kappa shape index (κ1) is 55.6. The highest BCUT2D eigenvalue weighted by Crippen LogP contribution is 2.17. The van der Waals surface area contributed by atoms with Gasteiger partial charge in [0.2, 0.25) is 5.91 Å². The highest BCUT2D eigenvalue weighted by Gasteiger charge is 2.24. The van der Waals surface area contributed by atoms with Crippen LogP contribution >= 0.6 is 0 Å². The van der Waals surface area contributed by atoms with Gasteiger partial charge in [0, 0.05) is 6.42 Å². The Bertz CT molecular complexity index is 1050. The molecule has 0 aromatic carbocycles. The van der Waals surface area contributed by atoms with E-state index in [1.807, 2.05) is 6.08 Å². The van der Waals surface area contributed by atoms with Gasteiger partial charge in [-0.3, -0.25) is 9.59 Å². The van der Waals surface area contributed by atoms with Crippen LogP contribution in [0.2, 0.25) is 0 Å². The molecular weight excluding hydrogens is 719 g/mol. The minimum Gasteiger partial charge on any atom is -0.462 e. The molecule has 0 aromatic rings. The number of carbonyl (C=O) groups is 2. The summed E-state index contributed by atoms with van der Waals surface area (Å²) in [5.41, 5.74) is 0. The summed E-state index contributed by atoms with van der Waals surface area (Å²) in [7, 11) is 0. The summed E-state index contributed by atoms with van der Waals surface area (Å²) < 4.78 is 5.86. The van der Waals surface area contributed by atoms with Gasteiger partial charge < -0.3 is 20.3 Å². The highest BCUT2D eigenvalue weighted by molar-refractivity contribution is 5.77. The standard InChI is InChI=1S/C52H93NO5/c1-4-7-10-13-16-19-21-23-25-26-28-30-33-36-39-42-45-52(57)58-48(43-40-37-34-31-18-15-12-9-6-3)46-51(56)53-49(47-54)50(55)44-41-38-35-32-29-27-24-22-20-17-14-11-8-5-2/h7,10,16,19,23,25,28,30,36,39,48-50,54-55H,4-6,8-9,11-15,17-18,20-22,24,26-27,29,31-35,37-38,40-47H2,1-3H3,(H,53,56)/b10-7+,19-16+,25-23+,30-28+,39-36+. The van der Waals surface area contributed by atoms with Gasteiger partial charge in [0.25, 0.3) is 0 Å². The molecule has 3 unspecified atom stereocenters. The van der Waals surface area contributed by atoms with Crippen molar-refractivity contribution in [2.75, 3.05) is 6.61 Å². The molecule has 58 heavy (non-hydrogen) atoms. The zero-order valence-corrected chi connectivity index (χ0v) is 38.2. The predicted molar refractivity (Wildman–Crippen MR) is 250 cm³/mol. The van der Waals surface area contributed by atoms with Crippen LogP contribution in [0, 0.1) is 0 Å². The van der Waals surface area contributed by atoms with Crippen LogP contribution in [0.4, 0.5) is 0 Å². The fourth-order valence-electron chi connectivity index (χ4n) is 7.19. The topological polar surface area (TPSA) is 95.9 Å². The Labute approximate surface area is 358 Å². The zero-order valence-electron chi connectivity index (χ0n) is 38.2. The van der Waals surface area contributed by atoms with Crippen LogP contribution in [-0.4, -0.2) is 46.9 Å². The van der Waals surface area contributed by atoms with Crippen molar-refractivity contribution < 1.29 is 24.5 Å². The Morgan fingerprint density at radius 2 is 0.897 bits per heavy atom. The number of amides is 1. The van der Waals surface area contributed by atoms with Crippen molar-refractivity contribution in [3.8, 4) is 0 Å². The third kappa shape index (κ3) is 40.3. The number of rotatable bonds is 43. The smallest absolute Gasteiger partial charge is 0.306 e. The van der Waals surface area contributed by atoms with E-state index in [0.29, 0.717) is 19.3 Å². The van der Waals surface area contributed by atoms with E-state index in [2.05, 4.69) is 80.8 Å². The van der Waals surface area contributed by atoms with Gasteiger partial charge in [-0.1, -0.05) is 223 Å². The number of aliphatic hydroxyl groups is 2. The van der Waals surface area contributed by atoms with E-state index >= 15 is 0 Å². The number of esters is 1. The van der Waals surface area contributed by atoms with Crippen LogP contribution in [0.1, 0.15) is 233 Å². The van der Waals surface area contributed by atoms with Gasteiger partial charge in [-0.25, -0.2) is 0 Å². The quantitative estimate of drug-likeness (QED) is 0.0324. The Morgan fingerprint density at radius 1 is 0.517 bits per heavy atom. The lowest BCUT2D eigenvalue weighted by Gasteiger charge is -2.24. The first-order chi connectivity index (χ1) is 28.5. The molecule has 0 rings (SSSR count). The first-order valence-electron chi connectivity index (χ1n) is 24.5. The summed E-state index contributed by atoms with van der Waals surface area (Å²) in [5, 5.41) is 23.7. The number of allylic oxidation sites excluding steroid dienone is 10. The van der Waals surface area contributed by atoms with Crippen molar-refractivity contribution >= 4 is 11.9 Å². The molecule has 3 N–H and O–H groups in total. The molecule has 0 radical (unpaired) electrons. The highest BCUT2D eigenvalue weighted by atomic mass is 16.5. The van der Waals surface area contributed by atoms with Crippen molar-refractivity contribution in [1.82, 2.24) is 5.32 Å². The zero-order chi connectivity index (χ0) is 42.4. The predicted octanol–water partition coefficient (Wildman–Crippen LogP) is 14.5. The fraction of sp³-hybridized carbons (Fsp3) is 0.769. The Hall–Kier alpha value is -2.44. The number of nitrogens with one attached hydrogen (secondary N) is 1. The van der Waals surface area contributed by atoms with Crippen molar-refractivity contribution in [3.63, 3.8) is 0 Å². The number of unbranched alkanes of at least 4 members (excludes halogenated alkanes) is 21. The molecule has 3 atom stereocenters. The van der Waals surface area contributed by atoms with Crippen LogP contribution in [0.3, 0.4) is 0 Å². The summed E-state index contributed by atoms with van der Waals surface area (Å²) >= 11 is 0. The number of carbonyl (C=O) groups excluding carboxylic acids is 2. The van der Waals surface area contributed by atoms with Gasteiger partial charge in [-0.05, 0) is 57.8 Å². The third-order valence-electron chi connectivity index (χ3n) is 10.9. The van der Waals surface area contributed by atoms with E-state index in [9.17, 15) is 19.8 Å². The van der Waals surface area contributed by atoms with Gasteiger partial charge in [0.15, 0.2) is 0 Å². The van der Waals surface area contributed by atoms with E-state index in [0.717, 1.165) is 70.6 Å². The second-order valence-corrected chi connectivity index (χ2v) is 16.5. The van der Waals surface area contributed by atoms with Crippen molar-refractivity contribution in [3.05, 3.63) is 60.8 Å². The number of hydrogen-bond donors (Lipinski definition) is 3. The normalized spacial score (nSPS) is 13.8. The number of ether oxygens (including phenoxy) is 1. The van der Waals surface area contributed by atoms with Crippen molar-refractivity contribution in [2.45, 2.75) is 251 Å². The average Bonchev–Trinajstić information content (AvgIpc) is 3.22. The number of hydrogen-bond acceptors (Lipinski definition) is 5. The minimum absolute atomic E-state index is 0.0481. The molecule has 1 amide bonds. The van der Waals surface area contributed by atoms with Crippen LogP contribution < -0.4 is 5.32 Å². The molecule has 6 nitrogen and oxygen atoms in total. The van der Waals surface area contributed by atoms with Gasteiger partial charge >= 0.3 is 5.97 Å². The maximum Gasteiger partial charge on any atom is 0.306 e. The maximum absolute atomic E-state index is 13.1. The lowest BCUT2D eigenvalue weighted by atomic mass is 10.0. The molecule has 0 aliphatic heterocycles. The first-order valence-corrected chi connectivity index (χ1v) is 24.5. The largest absolute Gasteiger partial charge is 0.462 e. The minimum atomic E-state index is -0.798. The monoisotopic (exact) mass is 812 g/mol. The molecule has 0 aliphatic carbocycles. The molecule has 0 heterocycles. The Morgan fingerprint density at radius 3 is 1.31 bits per heavy atom. The van der Waals surface area contributed by atoms with E-state index in [-0.39, 0.29) is 31.3 Å². The Balaban J connectivity index is 4.59. The molecule has 0 aromatic heterocycles. The lowest BCUT2D eigenvalue weighted by Crippen LogP contribution is -2.46. The SMILES string of the molecule is CC/C=C/C/C=C/C/C=C/C/C=C/C/C=C/CCC(=O)OC(CCCCCCCCCCC)CC(=O)NC(CO)C(O)CCCCCCCCCCCCCCCC. The van der Waals surface area contributed by atoms with Crippen molar-refractivity contribution in [2.24, 2.45) is 0 Å². The summed E-state index contributed by atoms with van der Waals surface area (Å²) in [6.07, 6.45) is 55.8. The summed E-state index contributed by atoms with van der Waals surface area (Å²) in [6, 6.07) is -0.714. The second-order valence-electron chi connectivity index (χ2n) is 16.5. The van der Waals surface area contributed by atoms with Gasteiger partial charge in [-0.15, -0.1) is 0 Å². The molecule has 0 saturated carbocycles. The molecular formula is C52H93NO5. The van der Waals surface area contributed by atoms with Crippen LogP contribution in [-0.2, 0) is 14.3 Å². The summed E-state index contributed by atoms with van der Waals surface area (Å²) in [6.45, 7) is 6.33. The van der Waals surface area contributed by atoms with Crippen LogP contribution in [0.15, 0.2) is 60.8 Å². The summed E-state index contributed by atoms with van der Waals surface area (Å²) in [4.78, 5) is 26.0. The molecule has 0 saturated heterocycles. The molecule has 0 spiro atoms. The third-order valence-corrected chi connectivity index (χ3v) is 10.9. The van der Waals surface area contributed by atoms with Gasteiger partial charge in [0.1, 0.15) is 6.10 Å². The van der Waals surface area contributed by atoms with E-state index in [1.165, 1.54) is 109 Å². The van der Waals surface area contributed by atoms with Crippen LogP contribution in [0.25, 0.3) is 0 Å². The summed E-state index contributed by atoms with van der Waals surface area (Å²) in [5.74, 6) is -0.573.